The van der Waals surface area contributed by atoms with Gasteiger partial charge < -0.3 is 14.9 Å². The van der Waals surface area contributed by atoms with Crippen molar-refractivity contribution in [2.75, 3.05) is 6.61 Å². The van der Waals surface area contributed by atoms with Gasteiger partial charge in [-0.25, -0.2) is 0 Å². The zero-order valence-corrected chi connectivity index (χ0v) is 13.5. The van der Waals surface area contributed by atoms with Crippen LogP contribution in [0.5, 0.6) is 0 Å². The summed E-state index contributed by atoms with van der Waals surface area (Å²) in [5.74, 6) is 0. The third kappa shape index (κ3) is 9.08. The van der Waals surface area contributed by atoms with E-state index in [9.17, 15) is 10.2 Å². The van der Waals surface area contributed by atoms with Crippen molar-refractivity contribution in [2.24, 2.45) is 0 Å². The van der Waals surface area contributed by atoms with Gasteiger partial charge in [0.05, 0.1) is 17.3 Å². The van der Waals surface area contributed by atoms with Gasteiger partial charge in [0.1, 0.15) is 0 Å². The SMILES string of the molecule is C=C[C@@](C)(O)C[C@@H](O)C=C(C)CC=CC(C)(C)OCC. The topological polar surface area (TPSA) is 49.7 Å². The van der Waals surface area contributed by atoms with Crippen LogP contribution in [0, 0.1) is 0 Å². The summed E-state index contributed by atoms with van der Waals surface area (Å²) in [5, 5.41) is 19.7. The minimum Gasteiger partial charge on any atom is -0.389 e. The summed E-state index contributed by atoms with van der Waals surface area (Å²) in [6.45, 7) is 13.8. The van der Waals surface area contributed by atoms with E-state index >= 15 is 0 Å². The molecule has 0 aliphatic carbocycles. The smallest absolute Gasteiger partial charge is 0.0824 e. The summed E-state index contributed by atoms with van der Waals surface area (Å²) in [7, 11) is 0. The quantitative estimate of drug-likeness (QED) is 0.637. The molecule has 0 bridgehead atoms. The second-order valence-corrected chi connectivity index (χ2v) is 5.99. The van der Waals surface area contributed by atoms with Crippen molar-refractivity contribution in [2.45, 2.75) is 64.8 Å². The molecule has 0 spiro atoms. The fourth-order valence-corrected chi connectivity index (χ4v) is 1.91. The number of rotatable bonds is 9. The highest BCUT2D eigenvalue weighted by Gasteiger charge is 2.19. The van der Waals surface area contributed by atoms with Crippen molar-refractivity contribution in [1.29, 1.82) is 0 Å². The molecule has 3 nitrogen and oxygen atoms in total. The number of ether oxygens (including phenoxy) is 1. The third-order valence-electron chi connectivity index (χ3n) is 3.01. The average molecular weight is 282 g/mol. The lowest BCUT2D eigenvalue weighted by atomic mass is 9.97. The predicted molar refractivity (Wildman–Crippen MR) is 84.7 cm³/mol. The van der Waals surface area contributed by atoms with Crippen LogP contribution in [0.3, 0.4) is 0 Å². The molecule has 0 aromatic heterocycles. The Labute approximate surface area is 123 Å². The average Bonchev–Trinajstić information content (AvgIpc) is 2.27. The van der Waals surface area contributed by atoms with E-state index in [-0.39, 0.29) is 12.0 Å². The molecule has 0 rings (SSSR count). The summed E-state index contributed by atoms with van der Waals surface area (Å²) in [4.78, 5) is 0. The predicted octanol–water partition coefficient (Wildman–Crippen LogP) is 3.38. The molecular formula is C17H30O3. The van der Waals surface area contributed by atoms with Gasteiger partial charge in [-0.1, -0.05) is 29.9 Å². The van der Waals surface area contributed by atoms with Gasteiger partial charge in [0.15, 0.2) is 0 Å². The number of hydrogen-bond donors (Lipinski definition) is 2. The standard InChI is InChI=1S/C17H30O3/c1-7-17(6,19)13-15(18)12-14(3)10-9-11-16(4,5)20-8-2/h7,9,11-12,15,18-19H,1,8,10,13H2,2-6H3/t15-,17+/m0/s1. The maximum atomic E-state index is 9.90. The molecule has 116 valence electrons. The van der Waals surface area contributed by atoms with Crippen LogP contribution in [0.25, 0.3) is 0 Å². The lowest BCUT2D eigenvalue weighted by Gasteiger charge is -2.21. The Kier molecular flexibility index (Phi) is 8.02. The van der Waals surface area contributed by atoms with Crippen LogP contribution >= 0.6 is 0 Å². The normalized spacial score (nSPS) is 18.1. The van der Waals surface area contributed by atoms with Crippen LogP contribution in [-0.2, 0) is 4.74 Å². The maximum absolute atomic E-state index is 9.90. The first-order valence-corrected chi connectivity index (χ1v) is 7.15. The second-order valence-electron chi connectivity index (χ2n) is 5.99. The molecule has 0 saturated carbocycles. The highest BCUT2D eigenvalue weighted by Crippen LogP contribution is 2.16. The summed E-state index contributed by atoms with van der Waals surface area (Å²) >= 11 is 0. The Balaban J connectivity index is 4.40. The molecule has 2 N–H and O–H groups in total. The molecule has 0 fully saturated rings. The largest absolute Gasteiger partial charge is 0.389 e. The molecule has 0 unspecified atom stereocenters. The van der Waals surface area contributed by atoms with E-state index in [1.807, 2.05) is 39.8 Å². The Morgan fingerprint density at radius 3 is 2.45 bits per heavy atom. The molecule has 0 aromatic rings. The van der Waals surface area contributed by atoms with Crippen LogP contribution in [0.1, 0.15) is 47.5 Å². The van der Waals surface area contributed by atoms with Gasteiger partial charge in [-0.05, 0) is 41.0 Å². The van der Waals surface area contributed by atoms with Crippen molar-refractivity contribution in [1.82, 2.24) is 0 Å². The minimum absolute atomic E-state index is 0.252. The number of allylic oxidation sites excluding steroid dienone is 2. The number of hydrogen-bond acceptors (Lipinski definition) is 3. The first-order chi connectivity index (χ1) is 9.12. The Morgan fingerprint density at radius 1 is 1.35 bits per heavy atom. The lowest BCUT2D eigenvalue weighted by Crippen LogP contribution is -2.26. The van der Waals surface area contributed by atoms with E-state index < -0.39 is 11.7 Å². The van der Waals surface area contributed by atoms with Gasteiger partial charge in [-0.15, -0.1) is 6.58 Å². The van der Waals surface area contributed by atoms with E-state index in [1.54, 1.807) is 13.0 Å². The monoisotopic (exact) mass is 282 g/mol. The molecule has 0 aromatic carbocycles. The fraction of sp³-hybridized carbons (Fsp3) is 0.647. The van der Waals surface area contributed by atoms with E-state index in [0.29, 0.717) is 6.61 Å². The summed E-state index contributed by atoms with van der Waals surface area (Å²) in [5.41, 5.74) is -0.246. The van der Waals surface area contributed by atoms with Crippen molar-refractivity contribution in [3.63, 3.8) is 0 Å². The van der Waals surface area contributed by atoms with Crippen LogP contribution in [-0.4, -0.2) is 34.1 Å². The minimum atomic E-state index is -1.04. The van der Waals surface area contributed by atoms with E-state index in [4.69, 9.17) is 4.74 Å². The van der Waals surface area contributed by atoms with Gasteiger partial charge in [0.25, 0.3) is 0 Å². The lowest BCUT2D eigenvalue weighted by molar-refractivity contribution is 0.0284. The molecule has 20 heavy (non-hydrogen) atoms. The van der Waals surface area contributed by atoms with Gasteiger partial charge in [-0.2, -0.15) is 0 Å². The Hall–Kier alpha value is -0.900. The van der Waals surface area contributed by atoms with Crippen LogP contribution < -0.4 is 0 Å². The summed E-state index contributed by atoms with van der Waals surface area (Å²) in [6.07, 6.45) is 7.63. The van der Waals surface area contributed by atoms with Crippen LogP contribution in [0.2, 0.25) is 0 Å². The van der Waals surface area contributed by atoms with E-state index in [0.717, 1.165) is 12.0 Å². The molecule has 0 amide bonds. The van der Waals surface area contributed by atoms with Gasteiger partial charge in [-0.3, -0.25) is 0 Å². The molecule has 0 saturated heterocycles. The Bertz CT molecular complexity index is 351. The third-order valence-corrected chi connectivity index (χ3v) is 3.01. The molecule has 0 aliphatic heterocycles. The molecule has 3 heteroatoms. The molecule has 0 heterocycles. The van der Waals surface area contributed by atoms with Gasteiger partial charge >= 0.3 is 0 Å². The number of aliphatic hydroxyl groups is 2. The van der Waals surface area contributed by atoms with Crippen molar-refractivity contribution < 1.29 is 14.9 Å². The zero-order valence-electron chi connectivity index (χ0n) is 13.5. The summed E-state index contributed by atoms with van der Waals surface area (Å²) in [6, 6.07) is 0. The first kappa shape index (κ1) is 19.1. The maximum Gasteiger partial charge on any atom is 0.0824 e. The van der Waals surface area contributed by atoms with Crippen LogP contribution in [0.15, 0.2) is 36.5 Å². The van der Waals surface area contributed by atoms with Gasteiger partial charge in [0, 0.05) is 13.0 Å². The molecule has 0 aliphatic rings. The van der Waals surface area contributed by atoms with E-state index in [2.05, 4.69) is 6.58 Å². The van der Waals surface area contributed by atoms with Crippen molar-refractivity contribution in [3.8, 4) is 0 Å². The molecule has 0 radical (unpaired) electrons. The fourth-order valence-electron chi connectivity index (χ4n) is 1.91. The van der Waals surface area contributed by atoms with Gasteiger partial charge in [0.2, 0.25) is 0 Å². The van der Waals surface area contributed by atoms with E-state index in [1.165, 1.54) is 6.08 Å². The zero-order chi connectivity index (χ0) is 15.8. The highest BCUT2D eigenvalue weighted by atomic mass is 16.5. The van der Waals surface area contributed by atoms with Crippen LogP contribution in [0.4, 0.5) is 0 Å². The molecule has 2 atom stereocenters. The number of aliphatic hydroxyl groups excluding tert-OH is 1. The first-order valence-electron chi connectivity index (χ1n) is 7.15. The summed E-state index contributed by atoms with van der Waals surface area (Å²) < 4.78 is 5.57. The van der Waals surface area contributed by atoms with Crippen molar-refractivity contribution in [3.05, 3.63) is 36.5 Å². The Morgan fingerprint density at radius 2 is 1.95 bits per heavy atom. The second kappa shape index (κ2) is 8.40. The molecular weight excluding hydrogens is 252 g/mol. The van der Waals surface area contributed by atoms with Crippen molar-refractivity contribution >= 4 is 0 Å². The highest BCUT2D eigenvalue weighted by molar-refractivity contribution is 5.10.